The standard InChI is InChI=1S/C19H30N4O2S/c1-3-5-10-19(11-6-4-2)17(25)23(18(20)22-19)13-8-12-21-16(24)15-9-7-14-26-15/h7,9,14H,3-6,8,10-13H2,1-2H3,(H2,20,22)(H,21,24). The molecule has 0 saturated carbocycles. The number of hydrogen-bond acceptors (Lipinski definition) is 5. The summed E-state index contributed by atoms with van der Waals surface area (Å²) in [6.45, 7) is 5.23. The average Bonchev–Trinajstić information content (AvgIpc) is 3.24. The van der Waals surface area contributed by atoms with E-state index in [1.54, 1.807) is 11.0 Å². The lowest BCUT2D eigenvalue weighted by molar-refractivity contribution is -0.131. The van der Waals surface area contributed by atoms with Crippen molar-refractivity contribution in [3.8, 4) is 0 Å². The average molecular weight is 379 g/mol. The van der Waals surface area contributed by atoms with Gasteiger partial charge in [-0.3, -0.25) is 14.5 Å². The third kappa shape index (κ3) is 4.84. The van der Waals surface area contributed by atoms with Crippen molar-refractivity contribution in [1.29, 1.82) is 0 Å². The van der Waals surface area contributed by atoms with Gasteiger partial charge in [0, 0.05) is 13.1 Å². The highest BCUT2D eigenvalue weighted by atomic mass is 32.1. The molecule has 3 N–H and O–H groups in total. The lowest BCUT2D eigenvalue weighted by Gasteiger charge is -2.26. The molecule has 0 aliphatic carbocycles. The Hall–Kier alpha value is -1.89. The Bertz CT molecular complexity index is 619. The maximum Gasteiger partial charge on any atom is 0.261 e. The summed E-state index contributed by atoms with van der Waals surface area (Å²) in [6.07, 6.45) is 6.17. The minimum Gasteiger partial charge on any atom is -0.369 e. The molecular formula is C19H30N4O2S. The lowest BCUT2D eigenvalue weighted by Crippen LogP contribution is -2.45. The minimum atomic E-state index is -0.670. The number of unbranched alkanes of at least 4 members (excludes halogenated alkanes) is 2. The van der Waals surface area contributed by atoms with Gasteiger partial charge in [0.1, 0.15) is 5.54 Å². The Morgan fingerprint density at radius 2 is 1.96 bits per heavy atom. The second-order valence-corrected chi connectivity index (χ2v) is 7.70. The van der Waals surface area contributed by atoms with E-state index in [4.69, 9.17) is 5.73 Å². The Balaban J connectivity index is 1.88. The fourth-order valence-corrected chi connectivity index (χ4v) is 3.86. The number of nitrogens with one attached hydrogen (secondary N) is 1. The Morgan fingerprint density at radius 1 is 1.27 bits per heavy atom. The van der Waals surface area contributed by atoms with Gasteiger partial charge in [-0.15, -0.1) is 11.3 Å². The van der Waals surface area contributed by atoms with Crippen molar-refractivity contribution in [1.82, 2.24) is 10.2 Å². The minimum absolute atomic E-state index is 0.0292. The zero-order valence-electron chi connectivity index (χ0n) is 15.8. The van der Waals surface area contributed by atoms with Gasteiger partial charge in [0.15, 0.2) is 5.96 Å². The van der Waals surface area contributed by atoms with E-state index in [9.17, 15) is 9.59 Å². The molecule has 26 heavy (non-hydrogen) atoms. The lowest BCUT2D eigenvalue weighted by atomic mass is 9.87. The molecule has 2 rings (SSSR count). The van der Waals surface area contributed by atoms with Crippen LogP contribution < -0.4 is 11.1 Å². The van der Waals surface area contributed by atoms with Crippen LogP contribution in [0.3, 0.4) is 0 Å². The molecule has 1 aromatic heterocycles. The fraction of sp³-hybridized carbons (Fsp3) is 0.632. The molecule has 1 aromatic rings. The number of nitrogens with zero attached hydrogens (tertiary/aromatic N) is 2. The van der Waals surface area contributed by atoms with Gasteiger partial charge < -0.3 is 11.1 Å². The summed E-state index contributed by atoms with van der Waals surface area (Å²) in [7, 11) is 0. The van der Waals surface area contributed by atoms with E-state index in [1.807, 2.05) is 11.4 Å². The Kier molecular flexibility index (Phi) is 7.63. The van der Waals surface area contributed by atoms with Crippen LogP contribution in [0.2, 0.25) is 0 Å². The maximum absolute atomic E-state index is 13.0. The molecule has 0 radical (unpaired) electrons. The predicted molar refractivity (Wildman–Crippen MR) is 106 cm³/mol. The number of guanidine groups is 1. The first-order valence-electron chi connectivity index (χ1n) is 9.53. The highest BCUT2D eigenvalue weighted by molar-refractivity contribution is 7.12. The molecule has 0 saturated heterocycles. The molecule has 0 spiro atoms. The number of amides is 2. The summed E-state index contributed by atoms with van der Waals surface area (Å²) in [5, 5.41) is 4.76. The summed E-state index contributed by atoms with van der Waals surface area (Å²) in [6, 6.07) is 3.65. The molecule has 144 valence electrons. The van der Waals surface area contributed by atoms with Crippen molar-refractivity contribution >= 4 is 29.1 Å². The molecule has 0 fully saturated rings. The normalized spacial score (nSPS) is 16.0. The summed E-state index contributed by atoms with van der Waals surface area (Å²) in [4.78, 5) is 31.8. The number of thiophene rings is 1. The van der Waals surface area contributed by atoms with E-state index in [0.29, 0.717) is 30.3 Å². The van der Waals surface area contributed by atoms with E-state index in [1.165, 1.54) is 11.3 Å². The smallest absolute Gasteiger partial charge is 0.261 e. The second-order valence-electron chi connectivity index (χ2n) is 6.75. The van der Waals surface area contributed by atoms with Crippen LogP contribution in [0.25, 0.3) is 0 Å². The third-order valence-corrected chi connectivity index (χ3v) is 5.59. The topological polar surface area (TPSA) is 87.8 Å². The molecule has 1 aliphatic heterocycles. The molecule has 1 aliphatic rings. The van der Waals surface area contributed by atoms with Crippen molar-refractivity contribution in [2.24, 2.45) is 10.7 Å². The quantitative estimate of drug-likeness (QED) is 0.580. The molecule has 0 bridgehead atoms. The van der Waals surface area contributed by atoms with Crippen LogP contribution in [-0.4, -0.2) is 41.3 Å². The van der Waals surface area contributed by atoms with Gasteiger partial charge >= 0.3 is 0 Å². The first-order chi connectivity index (χ1) is 12.5. The van der Waals surface area contributed by atoms with Gasteiger partial charge in [-0.1, -0.05) is 45.6 Å². The molecule has 2 heterocycles. The van der Waals surface area contributed by atoms with Crippen molar-refractivity contribution in [2.45, 2.75) is 64.3 Å². The molecule has 2 amide bonds. The highest BCUT2D eigenvalue weighted by Crippen LogP contribution is 2.32. The maximum atomic E-state index is 13.0. The van der Waals surface area contributed by atoms with E-state index in [0.717, 1.165) is 38.5 Å². The van der Waals surface area contributed by atoms with Crippen molar-refractivity contribution in [3.63, 3.8) is 0 Å². The van der Waals surface area contributed by atoms with Gasteiger partial charge in [-0.25, -0.2) is 4.99 Å². The second kappa shape index (κ2) is 9.71. The first kappa shape index (κ1) is 20.4. The first-order valence-corrected chi connectivity index (χ1v) is 10.4. The molecule has 0 unspecified atom stereocenters. The van der Waals surface area contributed by atoms with E-state index >= 15 is 0 Å². The van der Waals surface area contributed by atoms with Crippen LogP contribution >= 0.6 is 11.3 Å². The zero-order valence-corrected chi connectivity index (χ0v) is 16.6. The highest BCUT2D eigenvalue weighted by Gasteiger charge is 2.46. The molecule has 6 nitrogen and oxygen atoms in total. The van der Waals surface area contributed by atoms with Crippen LogP contribution in [0.15, 0.2) is 22.5 Å². The summed E-state index contributed by atoms with van der Waals surface area (Å²) < 4.78 is 0. The Morgan fingerprint density at radius 3 is 2.54 bits per heavy atom. The zero-order chi connectivity index (χ0) is 19.0. The number of carbonyl (C=O) groups is 2. The number of hydrogen-bond donors (Lipinski definition) is 2. The number of aliphatic imine (C=N–C) groups is 1. The van der Waals surface area contributed by atoms with Gasteiger partial charge in [-0.05, 0) is 30.7 Å². The van der Waals surface area contributed by atoms with Crippen molar-refractivity contribution in [2.75, 3.05) is 13.1 Å². The summed E-state index contributed by atoms with van der Waals surface area (Å²) in [5.74, 6) is 0.280. The van der Waals surface area contributed by atoms with Gasteiger partial charge in [-0.2, -0.15) is 0 Å². The molecule has 0 aromatic carbocycles. The summed E-state index contributed by atoms with van der Waals surface area (Å²) >= 11 is 1.41. The largest absolute Gasteiger partial charge is 0.369 e. The third-order valence-electron chi connectivity index (χ3n) is 4.73. The van der Waals surface area contributed by atoms with Crippen LogP contribution in [0.1, 0.15) is 68.5 Å². The van der Waals surface area contributed by atoms with Gasteiger partial charge in [0.2, 0.25) is 0 Å². The SMILES string of the molecule is CCCCC1(CCCC)N=C(N)N(CCCNC(=O)c2cccs2)C1=O. The van der Waals surface area contributed by atoms with E-state index < -0.39 is 5.54 Å². The van der Waals surface area contributed by atoms with Crippen LogP contribution in [0, 0.1) is 0 Å². The molecule has 7 heteroatoms. The van der Waals surface area contributed by atoms with Gasteiger partial charge in [0.25, 0.3) is 11.8 Å². The van der Waals surface area contributed by atoms with E-state index in [-0.39, 0.29) is 11.8 Å². The van der Waals surface area contributed by atoms with E-state index in [2.05, 4.69) is 24.2 Å². The van der Waals surface area contributed by atoms with Crippen LogP contribution in [-0.2, 0) is 4.79 Å². The Labute approximate surface area is 159 Å². The monoisotopic (exact) mass is 378 g/mol. The van der Waals surface area contributed by atoms with Crippen LogP contribution in [0.5, 0.6) is 0 Å². The fourth-order valence-electron chi connectivity index (χ4n) is 3.22. The number of rotatable bonds is 11. The molecular weight excluding hydrogens is 348 g/mol. The van der Waals surface area contributed by atoms with Crippen molar-refractivity contribution in [3.05, 3.63) is 22.4 Å². The van der Waals surface area contributed by atoms with Gasteiger partial charge in [0.05, 0.1) is 4.88 Å². The summed E-state index contributed by atoms with van der Waals surface area (Å²) in [5.41, 5.74) is 5.41. The predicted octanol–water partition coefficient (Wildman–Crippen LogP) is 3.14. The number of nitrogens with two attached hydrogens (primary N) is 1. The van der Waals surface area contributed by atoms with Crippen molar-refractivity contribution < 1.29 is 9.59 Å². The number of carbonyl (C=O) groups excluding carboxylic acids is 2. The van der Waals surface area contributed by atoms with Crippen LogP contribution in [0.4, 0.5) is 0 Å². The molecule has 0 atom stereocenters.